The number of nitrogens with zero attached hydrogens (tertiary/aromatic N) is 1. The summed E-state index contributed by atoms with van der Waals surface area (Å²) in [5, 5.41) is 13.3. The second-order valence-electron chi connectivity index (χ2n) is 6.11. The molecular weight excluding hydrogens is 394 g/mol. The van der Waals surface area contributed by atoms with Crippen molar-refractivity contribution < 1.29 is 22.7 Å². The molecule has 0 atom stereocenters. The molecule has 2 aromatic carbocycles. The van der Waals surface area contributed by atoms with Crippen LogP contribution in [0, 0.1) is 0 Å². The van der Waals surface area contributed by atoms with Gasteiger partial charge in [0.2, 0.25) is 10.0 Å². The van der Waals surface area contributed by atoms with Gasteiger partial charge in [0.05, 0.1) is 23.4 Å². The van der Waals surface area contributed by atoms with Crippen LogP contribution >= 0.6 is 0 Å². The van der Waals surface area contributed by atoms with Crippen LogP contribution in [0.2, 0.25) is 0 Å². The van der Waals surface area contributed by atoms with E-state index in [2.05, 4.69) is 15.2 Å². The van der Waals surface area contributed by atoms with Crippen LogP contribution in [0.3, 0.4) is 0 Å². The molecule has 0 aliphatic carbocycles. The molecule has 0 radical (unpaired) electrons. The number of sulfonamides is 1. The Kier molecular flexibility index (Phi) is 6.10. The number of rotatable bonds is 7. The van der Waals surface area contributed by atoms with Crippen molar-refractivity contribution in [1.29, 1.82) is 0 Å². The van der Waals surface area contributed by atoms with Crippen LogP contribution < -0.4 is 10.1 Å². The highest BCUT2D eigenvalue weighted by Crippen LogP contribution is 2.13. The highest BCUT2D eigenvalue weighted by molar-refractivity contribution is 7.89. The summed E-state index contributed by atoms with van der Waals surface area (Å²) in [7, 11) is -3.68. The van der Waals surface area contributed by atoms with Crippen molar-refractivity contribution in [2.45, 2.75) is 18.4 Å². The van der Waals surface area contributed by atoms with Crippen molar-refractivity contribution in [1.82, 2.24) is 10.1 Å². The molecule has 1 aromatic heterocycles. The fourth-order valence-electron chi connectivity index (χ4n) is 2.41. The topological polar surface area (TPSA) is 121 Å². The Morgan fingerprint density at radius 2 is 1.69 bits per heavy atom. The molecule has 0 aliphatic rings. The summed E-state index contributed by atoms with van der Waals surface area (Å²) in [6, 6.07) is 15.3. The predicted octanol–water partition coefficient (Wildman–Crippen LogP) is 2.62. The highest BCUT2D eigenvalue weighted by Gasteiger charge is 2.14. The van der Waals surface area contributed by atoms with Gasteiger partial charge in [0, 0.05) is 5.56 Å². The molecule has 0 aliphatic heterocycles. The van der Waals surface area contributed by atoms with Crippen LogP contribution in [-0.2, 0) is 16.6 Å². The zero-order chi connectivity index (χ0) is 20.9. The fourth-order valence-corrected chi connectivity index (χ4v) is 3.41. The van der Waals surface area contributed by atoms with Gasteiger partial charge in [0.1, 0.15) is 11.5 Å². The molecule has 3 rings (SSSR count). The minimum atomic E-state index is -3.68. The Bertz CT molecular complexity index is 1100. The maximum atomic E-state index is 12.3. The molecule has 0 bridgehead atoms. The maximum absolute atomic E-state index is 12.3. The first kappa shape index (κ1) is 20.3. The third-order valence-electron chi connectivity index (χ3n) is 4.05. The second kappa shape index (κ2) is 8.72. The molecule has 9 heteroatoms. The normalized spacial score (nSPS) is 12.0. The van der Waals surface area contributed by atoms with Crippen molar-refractivity contribution in [2.75, 3.05) is 0 Å². The van der Waals surface area contributed by atoms with Crippen LogP contribution in [0.1, 0.15) is 28.6 Å². The third kappa shape index (κ3) is 5.31. The number of carbonyl (C=O) groups is 1. The zero-order valence-electron chi connectivity index (χ0n) is 15.5. The number of nitrogens with one attached hydrogen (secondary N) is 2. The summed E-state index contributed by atoms with van der Waals surface area (Å²) in [5.74, 6) is 0.151. The molecule has 1 heterocycles. The second-order valence-corrected chi connectivity index (χ2v) is 7.88. The van der Waals surface area contributed by atoms with Gasteiger partial charge in [-0.15, -0.1) is 0 Å². The Morgan fingerprint density at radius 3 is 2.31 bits per heavy atom. The van der Waals surface area contributed by atoms with Crippen LogP contribution in [0.25, 0.3) is 0 Å². The van der Waals surface area contributed by atoms with Crippen molar-refractivity contribution in [2.24, 2.45) is 5.10 Å². The Balaban J connectivity index is 1.64. The Morgan fingerprint density at radius 1 is 1.03 bits per heavy atom. The smallest absolute Gasteiger partial charge is 0.271 e. The fraction of sp³-hybridized carbons (Fsp3) is 0.100. The summed E-state index contributed by atoms with van der Waals surface area (Å²) in [6.45, 7) is 1.75. The van der Waals surface area contributed by atoms with E-state index in [0.29, 0.717) is 22.6 Å². The Labute approximate surface area is 167 Å². The predicted molar refractivity (Wildman–Crippen MR) is 107 cm³/mol. The van der Waals surface area contributed by atoms with Gasteiger partial charge in [-0.1, -0.05) is 12.1 Å². The molecule has 150 valence electrons. The van der Waals surface area contributed by atoms with E-state index in [0.717, 1.165) is 0 Å². The summed E-state index contributed by atoms with van der Waals surface area (Å²) in [5.41, 5.74) is 3.93. The minimum absolute atomic E-state index is 0.0564. The number of amides is 1. The van der Waals surface area contributed by atoms with Crippen LogP contribution in [0.4, 0.5) is 0 Å². The van der Waals surface area contributed by atoms with Gasteiger partial charge in [0.25, 0.3) is 5.91 Å². The van der Waals surface area contributed by atoms with Crippen molar-refractivity contribution in [3.8, 4) is 5.75 Å². The van der Waals surface area contributed by atoms with E-state index >= 15 is 0 Å². The number of furan rings is 1. The van der Waals surface area contributed by atoms with Gasteiger partial charge in [-0.3, -0.25) is 4.79 Å². The first-order valence-corrected chi connectivity index (χ1v) is 10.1. The summed E-state index contributed by atoms with van der Waals surface area (Å²) in [4.78, 5) is 12.2. The molecule has 8 nitrogen and oxygen atoms in total. The van der Waals surface area contributed by atoms with Crippen LogP contribution in [0.5, 0.6) is 5.75 Å². The number of hydrogen-bond acceptors (Lipinski definition) is 6. The van der Waals surface area contributed by atoms with Gasteiger partial charge in [-0.2, -0.15) is 5.10 Å². The van der Waals surface area contributed by atoms with Gasteiger partial charge in [-0.25, -0.2) is 18.6 Å². The zero-order valence-corrected chi connectivity index (χ0v) is 16.3. The molecule has 0 fully saturated rings. The maximum Gasteiger partial charge on any atom is 0.271 e. The molecule has 3 aromatic rings. The number of phenols is 1. The molecule has 3 N–H and O–H groups in total. The lowest BCUT2D eigenvalue weighted by molar-refractivity contribution is 0.0955. The van der Waals surface area contributed by atoms with Gasteiger partial charge in [-0.05, 0) is 61.0 Å². The van der Waals surface area contributed by atoms with Crippen molar-refractivity contribution >= 4 is 21.6 Å². The van der Waals surface area contributed by atoms with Gasteiger partial charge < -0.3 is 9.52 Å². The van der Waals surface area contributed by atoms with E-state index in [9.17, 15) is 18.3 Å². The number of hydrogen-bond donors (Lipinski definition) is 3. The van der Waals surface area contributed by atoms with Gasteiger partial charge >= 0.3 is 0 Å². The molecule has 0 spiro atoms. The lowest BCUT2D eigenvalue weighted by Gasteiger charge is -2.07. The molecule has 0 saturated carbocycles. The number of phenolic OH excluding ortho intramolecular Hbond substituents is 1. The summed E-state index contributed by atoms with van der Waals surface area (Å²) >= 11 is 0. The molecule has 29 heavy (non-hydrogen) atoms. The highest BCUT2D eigenvalue weighted by atomic mass is 32.2. The summed E-state index contributed by atoms with van der Waals surface area (Å²) < 4.78 is 32.3. The van der Waals surface area contributed by atoms with Crippen molar-refractivity contribution in [3.05, 3.63) is 83.8 Å². The van der Waals surface area contributed by atoms with E-state index in [1.807, 2.05) is 0 Å². The summed E-state index contributed by atoms with van der Waals surface area (Å²) in [6.07, 6.45) is 1.47. The number of hydrazone groups is 1. The largest absolute Gasteiger partial charge is 0.508 e. The number of carbonyl (C=O) groups excluding carboxylic acids is 1. The van der Waals surface area contributed by atoms with E-state index in [1.54, 1.807) is 31.2 Å². The first-order chi connectivity index (χ1) is 13.8. The Hall–Kier alpha value is -3.43. The van der Waals surface area contributed by atoms with E-state index < -0.39 is 15.9 Å². The van der Waals surface area contributed by atoms with E-state index in [-0.39, 0.29) is 17.2 Å². The molecule has 1 amide bonds. The molecule has 0 unspecified atom stereocenters. The first-order valence-electron chi connectivity index (χ1n) is 8.61. The molecular formula is C20H19N3O5S. The minimum Gasteiger partial charge on any atom is -0.508 e. The number of benzene rings is 2. The average molecular weight is 413 g/mol. The molecule has 0 saturated heterocycles. The SMILES string of the molecule is C/C(=N/NC(=O)c1ccc(O)cc1)c1ccc(S(=O)(=O)NCc2ccco2)cc1. The van der Waals surface area contributed by atoms with Crippen molar-refractivity contribution in [3.63, 3.8) is 0 Å². The quantitative estimate of drug-likeness (QED) is 0.406. The van der Waals surface area contributed by atoms with Crippen LogP contribution in [0.15, 0.2) is 81.3 Å². The van der Waals surface area contributed by atoms with E-state index in [1.165, 1.54) is 42.7 Å². The standard InChI is InChI=1S/C20H19N3O5S/c1-14(22-23-20(25)16-4-8-17(24)9-5-16)15-6-10-19(11-7-15)29(26,27)21-13-18-3-2-12-28-18/h2-12,21,24H,13H2,1H3,(H,23,25)/b22-14-. The number of aromatic hydroxyl groups is 1. The lowest BCUT2D eigenvalue weighted by Crippen LogP contribution is -2.23. The third-order valence-corrected chi connectivity index (χ3v) is 5.47. The monoisotopic (exact) mass is 413 g/mol. The average Bonchev–Trinajstić information content (AvgIpc) is 3.25. The van der Waals surface area contributed by atoms with Gasteiger partial charge in [0.15, 0.2) is 0 Å². The van der Waals surface area contributed by atoms with E-state index in [4.69, 9.17) is 4.42 Å². The lowest BCUT2D eigenvalue weighted by atomic mass is 10.1. The van der Waals surface area contributed by atoms with Crippen LogP contribution in [-0.4, -0.2) is 25.1 Å².